The second-order valence-corrected chi connectivity index (χ2v) is 5.60. The molecule has 1 aromatic rings. The maximum absolute atomic E-state index is 12.6. The molecule has 0 radical (unpaired) electrons. The first-order chi connectivity index (χ1) is 8.75. The van der Waals surface area contributed by atoms with Gasteiger partial charge in [0.25, 0.3) is 0 Å². The van der Waals surface area contributed by atoms with Gasteiger partial charge in [0, 0.05) is 11.2 Å². The molecule has 3 aliphatic rings. The number of benzene rings is 1. The van der Waals surface area contributed by atoms with Crippen molar-refractivity contribution in [1.82, 2.24) is 0 Å². The minimum atomic E-state index is -4.36. The highest BCUT2D eigenvalue weighted by molar-refractivity contribution is 5.81. The van der Waals surface area contributed by atoms with E-state index in [1.165, 1.54) is 6.07 Å². The summed E-state index contributed by atoms with van der Waals surface area (Å²) in [7, 11) is 0. The molecule has 0 atom stereocenters. The van der Waals surface area contributed by atoms with Gasteiger partial charge in [0.1, 0.15) is 0 Å². The Labute approximate surface area is 107 Å². The van der Waals surface area contributed by atoms with Gasteiger partial charge in [-0.05, 0) is 37.5 Å². The molecule has 0 aliphatic heterocycles. The van der Waals surface area contributed by atoms with Crippen LogP contribution in [-0.2, 0) is 11.0 Å². The van der Waals surface area contributed by atoms with Crippen LogP contribution in [-0.4, -0.2) is 16.6 Å². The number of carbonyl (C=O) groups is 1. The van der Waals surface area contributed by atoms with Crippen LogP contribution in [0.15, 0.2) is 24.3 Å². The Morgan fingerprint density at radius 2 is 1.89 bits per heavy atom. The molecule has 0 saturated heterocycles. The smallest absolute Gasteiger partial charge is 0.416 e. The average molecular weight is 271 g/mol. The molecular weight excluding hydrogens is 259 g/mol. The number of rotatable bonds is 3. The lowest BCUT2D eigenvalue weighted by Crippen LogP contribution is -2.73. The van der Waals surface area contributed by atoms with Crippen LogP contribution in [0.5, 0.6) is 0 Å². The van der Waals surface area contributed by atoms with E-state index in [4.69, 9.17) is 5.11 Å². The van der Waals surface area contributed by atoms with E-state index in [1.54, 1.807) is 6.07 Å². The number of carboxylic acids is 1. The zero-order valence-electron chi connectivity index (χ0n) is 9.92. The van der Waals surface area contributed by atoms with Crippen molar-refractivity contribution in [1.29, 1.82) is 0 Å². The van der Waals surface area contributed by atoms with E-state index in [0.717, 1.165) is 12.1 Å². The van der Waals surface area contributed by atoms with Crippen LogP contribution < -0.4 is 5.32 Å². The molecule has 0 amide bonds. The van der Waals surface area contributed by atoms with E-state index in [1.807, 2.05) is 0 Å². The molecule has 3 fully saturated rings. The first kappa shape index (κ1) is 12.3. The fraction of sp³-hybridized carbons (Fsp3) is 0.462. The topological polar surface area (TPSA) is 49.3 Å². The minimum absolute atomic E-state index is 0.317. The first-order valence-electron chi connectivity index (χ1n) is 5.94. The summed E-state index contributed by atoms with van der Waals surface area (Å²) in [5.41, 5.74) is -1.25. The molecule has 19 heavy (non-hydrogen) atoms. The quantitative estimate of drug-likeness (QED) is 0.888. The molecule has 6 heteroatoms. The van der Waals surface area contributed by atoms with Gasteiger partial charge in [-0.2, -0.15) is 13.2 Å². The van der Waals surface area contributed by atoms with E-state index in [0.29, 0.717) is 24.9 Å². The number of halogens is 3. The number of alkyl halides is 3. The van der Waals surface area contributed by atoms with Crippen LogP contribution in [0, 0.1) is 5.41 Å². The van der Waals surface area contributed by atoms with E-state index < -0.39 is 23.1 Å². The van der Waals surface area contributed by atoms with Crippen molar-refractivity contribution in [2.45, 2.75) is 31.0 Å². The molecule has 2 N–H and O–H groups in total. The Morgan fingerprint density at radius 3 is 2.42 bits per heavy atom. The van der Waals surface area contributed by atoms with Crippen molar-refractivity contribution in [3.63, 3.8) is 0 Å². The standard InChI is InChI=1S/C13H12F3NO2/c14-13(15,16)8-2-1-3-9(4-8)17-12-5-11(6-12,7-12)10(18)19/h1-4,17H,5-7H2,(H,18,19). The lowest BCUT2D eigenvalue weighted by Gasteiger charge is -2.68. The van der Waals surface area contributed by atoms with E-state index >= 15 is 0 Å². The summed E-state index contributed by atoms with van der Waals surface area (Å²) < 4.78 is 37.7. The van der Waals surface area contributed by atoms with Gasteiger partial charge in [0.15, 0.2) is 0 Å². The van der Waals surface area contributed by atoms with Gasteiger partial charge in [-0.1, -0.05) is 6.07 Å². The Morgan fingerprint density at radius 1 is 1.26 bits per heavy atom. The summed E-state index contributed by atoms with van der Waals surface area (Å²) in [6.07, 6.45) is -2.89. The van der Waals surface area contributed by atoms with Gasteiger partial charge in [0.2, 0.25) is 0 Å². The van der Waals surface area contributed by atoms with Crippen LogP contribution in [0.25, 0.3) is 0 Å². The second kappa shape index (κ2) is 3.43. The Kier molecular flexibility index (Phi) is 2.23. The number of nitrogens with one attached hydrogen (secondary N) is 1. The predicted octanol–water partition coefficient (Wildman–Crippen LogP) is 3.12. The summed E-state index contributed by atoms with van der Waals surface area (Å²) in [6, 6.07) is 5.01. The zero-order valence-corrected chi connectivity index (χ0v) is 9.92. The molecule has 2 bridgehead atoms. The van der Waals surface area contributed by atoms with Gasteiger partial charge < -0.3 is 10.4 Å². The van der Waals surface area contributed by atoms with Gasteiger partial charge in [-0.3, -0.25) is 4.79 Å². The molecule has 0 spiro atoms. The lowest BCUT2D eigenvalue weighted by molar-refractivity contribution is -0.186. The molecule has 0 heterocycles. The summed E-state index contributed by atoms with van der Waals surface area (Å²) in [5.74, 6) is -0.805. The predicted molar refractivity (Wildman–Crippen MR) is 61.7 cm³/mol. The maximum Gasteiger partial charge on any atom is 0.416 e. The first-order valence-corrected chi connectivity index (χ1v) is 5.94. The third kappa shape index (κ3) is 1.77. The second-order valence-electron chi connectivity index (χ2n) is 5.60. The molecule has 0 unspecified atom stereocenters. The van der Waals surface area contributed by atoms with Crippen LogP contribution in [0.1, 0.15) is 24.8 Å². The Hall–Kier alpha value is -1.72. The lowest BCUT2D eigenvalue weighted by atomic mass is 9.39. The highest BCUT2D eigenvalue weighted by Crippen LogP contribution is 2.68. The minimum Gasteiger partial charge on any atom is -0.481 e. The average Bonchev–Trinajstić information content (AvgIpc) is 2.20. The molecule has 102 valence electrons. The van der Waals surface area contributed by atoms with Crippen molar-refractivity contribution in [2.75, 3.05) is 5.32 Å². The number of hydrogen-bond donors (Lipinski definition) is 2. The summed E-state index contributed by atoms with van der Waals surface area (Å²) >= 11 is 0. The van der Waals surface area contributed by atoms with Crippen LogP contribution >= 0.6 is 0 Å². The molecule has 3 aliphatic carbocycles. The van der Waals surface area contributed by atoms with E-state index in [-0.39, 0.29) is 5.54 Å². The number of aliphatic carboxylic acids is 1. The molecule has 4 rings (SSSR count). The Bertz CT molecular complexity index is 533. The van der Waals surface area contributed by atoms with Crippen molar-refractivity contribution in [3.05, 3.63) is 29.8 Å². The summed E-state index contributed by atoms with van der Waals surface area (Å²) in [6.45, 7) is 0. The summed E-state index contributed by atoms with van der Waals surface area (Å²) in [4.78, 5) is 10.9. The molecule has 1 aromatic carbocycles. The van der Waals surface area contributed by atoms with Crippen molar-refractivity contribution in [2.24, 2.45) is 5.41 Å². The highest BCUT2D eigenvalue weighted by Gasteiger charge is 2.72. The third-order valence-electron chi connectivity index (χ3n) is 4.08. The number of anilines is 1. The van der Waals surface area contributed by atoms with Crippen molar-refractivity contribution in [3.8, 4) is 0 Å². The maximum atomic E-state index is 12.6. The summed E-state index contributed by atoms with van der Waals surface area (Å²) in [5, 5.41) is 12.0. The molecule has 3 nitrogen and oxygen atoms in total. The fourth-order valence-corrected chi connectivity index (χ4v) is 3.23. The number of hydrogen-bond acceptors (Lipinski definition) is 2. The number of carboxylic acid groups (broad SMARTS) is 1. The zero-order chi connectivity index (χ0) is 13.9. The van der Waals surface area contributed by atoms with E-state index in [2.05, 4.69) is 5.32 Å². The molecule has 3 saturated carbocycles. The fourth-order valence-electron chi connectivity index (χ4n) is 3.23. The van der Waals surface area contributed by atoms with Gasteiger partial charge in [-0.25, -0.2) is 0 Å². The molecule has 0 aromatic heterocycles. The normalized spacial score (nSPS) is 32.2. The SMILES string of the molecule is O=C(O)C12CC(Nc3cccc(C(F)(F)F)c3)(C1)C2. The highest BCUT2D eigenvalue weighted by atomic mass is 19.4. The largest absolute Gasteiger partial charge is 0.481 e. The van der Waals surface area contributed by atoms with Gasteiger partial charge in [0.05, 0.1) is 11.0 Å². The molecular formula is C13H12F3NO2. The van der Waals surface area contributed by atoms with Crippen LogP contribution in [0.4, 0.5) is 18.9 Å². The van der Waals surface area contributed by atoms with Gasteiger partial charge in [-0.15, -0.1) is 0 Å². The van der Waals surface area contributed by atoms with Crippen molar-refractivity contribution >= 4 is 11.7 Å². The Balaban J connectivity index is 1.72. The van der Waals surface area contributed by atoms with Crippen LogP contribution in [0.2, 0.25) is 0 Å². The monoisotopic (exact) mass is 271 g/mol. The van der Waals surface area contributed by atoms with Gasteiger partial charge >= 0.3 is 12.1 Å². The third-order valence-corrected chi connectivity index (χ3v) is 4.08. The van der Waals surface area contributed by atoms with E-state index in [9.17, 15) is 18.0 Å². The van der Waals surface area contributed by atoms with Crippen LogP contribution in [0.3, 0.4) is 0 Å². The van der Waals surface area contributed by atoms with Crippen molar-refractivity contribution < 1.29 is 23.1 Å².